The van der Waals surface area contributed by atoms with Crippen LogP contribution in [0.15, 0.2) is 12.1 Å². The summed E-state index contributed by atoms with van der Waals surface area (Å²) in [6.45, 7) is 6.06. The minimum absolute atomic E-state index is 0.00392. The Kier molecular flexibility index (Phi) is 4.50. The lowest BCUT2D eigenvalue weighted by Crippen LogP contribution is -2.52. The highest BCUT2D eigenvalue weighted by Gasteiger charge is 2.43. The number of benzene rings is 1. The summed E-state index contributed by atoms with van der Waals surface area (Å²) in [5.74, 6) is 0.318. The van der Waals surface area contributed by atoms with E-state index in [0.717, 1.165) is 11.1 Å². The van der Waals surface area contributed by atoms with Gasteiger partial charge in [-0.05, 0) is 31.9 Å². The van der Waals surface area contributed by atoms with Crippen molar-refractivity contribution in [3.05, 3.63) is 33.4 Å². The third-order valence-corrected chi connectivity index (χ3v) is 3.83. The van der Waals surface area contributed by atoms with E-state index in [1.807, 2.05) is 26.8 Å². The molecule has 110 valence electrons. The smallest absolute Gasteiger partial charge is 0.311 e. The Balaban J connectivity index is 2.23. The Morgan fingerprint density at radius 1 is 1.45 bits per heavy atom. The van der Waals surface area contributed by atoms with Crippen LogP contribution in [0.2, 0.25) is 0 Å². The van der Waals surface area contributed by atoms with Gasteiger partial charge in [0.25, 0.3) is 0 Å². The Morgan fingerprint density at radius 2 is 2.15 bits per heavy atom. The summed E-state index contributed by atoms with van der Waals surface area (Å²) < 4.78 is 11.3. The molecule has 1 aromatic rings. The maximum atomic E-state index is 11.2. The third kappa shape index (κ3) is 2.88. The number of nitro benzene ring substituents is 1. The molecule has 1 aromatic carbocycles. The molecule has 5 nitrogen and oxygen atoms in total. The Bertz CT molecular complexity index is 520. The van der Waals surface area contributed by atoms with Crippen molar-refractivity contribution in [2.75, 3.05) is 6.61 Å². The Labute approximate surface area is 123 Å². The third-order valence-electron chi connectivity index (χ3n) is 3.40. The van der Waals surface area contributed by atoms with E-state index in [4.69, 9.17) is 21.1 Å². The molecule has 0 amide bonds. The summed E-state index contributed by atoms with van der Waals surface area (Å²) in [4.78, 5) is 10.7. The van der Waals surface area contributed by atoms with Crippen LogP contribution < -0.4 is 4.74 Å². The van der Waals surface area contributed by atoms with Crippen LogP contribution in [0.1, 0.15) is 24.5 Å². The van der Waals surface area contributed by atoms with Gasteiger partial charge in [-0.1, -0.05) is 6.07 Å². The number of nitrogens with zero attached hydrogens (tertiary/aromatic N) is 1. The van der Waals surface area contributed by atoms with Gasteiger partial charge in [0.2, 0.25) is 0 Å². The lowest BCUT2D eigenvalue weighted by atomic mass is 9.90. The van der Waals surface area contributed by atoms with Crippen molar-refractivity contribution in [2.24, 2.45) is 0 Å². The second-order valence-corrected chi connectivity index (χ2v) is 5.58. The number of aryl methyl sites for hydroxylation is 2. The molecule has 0 aliphatic heterocycles. The van der Waals surface area contributed by atoms with Crippen molar-refractivity contribution in [3.8, 4) is 5.75 Å². The van der Waals surface area contributed by atoms with Crippen LogP contribution in [0.4, 0.5) is 5.69 Å². The van der Waals surface area contributed by atoms with Gasteiger partial charge in [-0.25, -0.2) is 0 Å². The molecule has 3 atom stereocenters. The Hall–Kier alpha value is -1.33. The molecule has 6 heteroatoms. The van der Waals surface area contributed by atoms with Crippen molar-refractivity contribution in [1.29, 1.82) is 0 Å². The minimum atomic E-state index is -0.415. The standard InChI is InChI=1S/C14H18ClNO4/c1-4-19-14-10(15)7-12(14)20-13-9(3)5-8(2)6-11(13)16(17)18/h5-6,10,12,14H,4,7H2,1-3H3. The zero-order valence-corrected chi connectivity index (χ0v) is 12.5. The fourth-order valence-electron chi connectivity index (χ4n) is 2.42. The van der Waals surface area contributed by atoms with E-state index < -0.39 is 4.92 Å². The maximum absolute atomic E-state index is 11.2. The molecular formula is C14H18ClNO4. The maximum Gasteiger partial charge on any atom is 0.311 e. The molecular weight excluding hydrogens is 282 g/mol. The zero-order chi connectivity index (χ0) is 14.9. The van der Waals surface area contributed by atoms with E-state index in [1.54, 1.807) is 0 Å². The molecule has 0 saturated heterocycles. The summed E-state index contributed by atoms with van der Waals surface area (Å²) in [6, 6.07) is 3.39. The first-order valence-corrected chi connectivity index (χ1v) is 7.05. The van der Waals surface area contributed by atoms with E-state index in [0.29, 0.717) is 18.8 Å². The number of ether oxygens (including phenoxy) is 2. The fraction of sp³-hybridized carbons (Fsp3) is 0.571. The van der Waals surface area contributed by atoms with Crippen molar-refractivity contribution < 1.29 is 14.4 Å². The number of nitro groups is 1. The normalized spacial score (nSPS) is 25.1. The van der Waals surface area contributed by atoms with Gasteiger partial charge in [0.05, 0.1) is 10.3 Å². The van der Waals surface area contributed by atoms with Crippen LogP contribution in [0.5, 0.6) is 5.75 Å². The molecule has 2 rings (SSSR count). The van der Waals surface area contributed by atoms with E-state index in [1.165, 1.54) is 6.07 Å². The number of alkyl halides is 1. The number of hydrogen-bond acceptors (Lipinski definition) is 4. The number of halogens is 1. The average molecular weight is 300 g/mol. The molecule has 1 aliphatic carbocycles. The van der Waals surface area contributed by atoms with Gasteiger partial charge in [-0.2, -0.15) is 0 Å². The molecule has 0 aromatic heterocycles. The monoisotopic (exact) mass is 299 g/mol. The predicted molar refractivity (Wildman–Crippen MR) is 76.7 cm³/mol. The van der Waals surface area contributed by atoms with Crippen LogP contribution in [-0.2, 0) is 4.74 Å². The number of hydrogen-bond donors (Lipinski definition) is 0. The van der Waals surface area contributed by atoms with E-state index in [-0.39, 0.29) is 23.3 Å². The lowest BCUT2D eigenvalue weighted by Gasteiger charge is -2.40. The van der Waals surface area contributed by atoms with Gasteiger partial charge in [-0.3, -0.25) is 10.1 Å². The largest absolute Gasteiger partial charge is 0.480 e. The Morgan fingerprint density at radius 3 is 2.70 bits per heavy atom. The second-order valence-electron chi connectivity index (χ2n) is 5.02. The summed E-state index contributed by atoms with van der Waals surface area (Å²) in [5, 5.41) is 11.1. The first-order valence-electron chi connectivity index (χ1n) is 6.62. The molecule has 1 fully saturated rings. The fourth-order valence-corrected chi connectivity index (χ4v) is 2.83. The topological polar surface area (TPSA) is 61.6 Å². The summed E-state index contributed by atoms with van der Waals surface area (Å²) in [5.41, 5.74) is 1.59. The van der Waals surface area contributed by atoms with Gasteiger partial charge in [0, 0.05) is 19.1 Å². The summed E-state index contributed by atoms with van der Waals surface area (Å²) in [7, 11) is 0. The highest BCUT2D eigenvalue weighted by atomic mass is 35.5. The molecule has 1 saturated carbocycles. The van der Waals surface area contributed by atoms with Crippen molar-refractivity contribution in [3.63, 3.8) is 0 Å². The molecule has 0 spiro atoms. The minimum Gasteiger partial charge on any atom is -0.480 e. The van der Waals surface area contributed by atoms with Crippen molar-refractivity contribution in [2.45, 2.75) is 44.8 Å². The molecule has 20 heavy (non-hydrogen) atoms. The van der Waals surface area contributed by atoms with Crippen LogP contribution >= 0.6 is 11.6 Å². The molecule has 0 N–H and O–H groups in total. The summed E-state index contributed by atoms with van der Waals surface area (Å²) >= 11 is 6.08. The first-order chi connectivity index (χ1) is 9.43. The molecule has 0 heterocycles. The lowest BCUT2D eigenvalue weighted by molar-refractivity contribution is -0.386. The first kappa shape index (κ1) is 15.1. The quantitative estimate of drug-likeness (QED) is 0.475. The van der Waals surface area contributed by atoms with Gasteiger partial charge in [0.15, 0.2) is 5.75 Å². The zero-order valence-electron chi connectivity index (χ0n) is 11.8. The van der Waals surface area contributed by atoms with E-state index in [2.05, 4.69) is 0 Å². The van der Waals surface area contributed by atoms with Crippen molar-refractivity contribution >= 4 is 17.3 Å². The van der Waals surface area contributed by atoms with Crippen molar-refractivity contribution in [1.82, 2.24) is 0 Å². The van der Waals surface area contributed by atoms with Crippen LogP contribution in [0.3, 0.4) is 0 Å². The van der Waals surface area contributed by atoms with Gasteiger partial charge < -0.3 is 9.47 Å². The number of rotatable bonds is 5. The van der Waals surface area contributed by atoms with Gasteiger partial charge in [-0.15, -0.1) is 11.6 Å². The van der Waals surface area contributed by atoms with Gasteiger partial charge >= 0.3 is 5.69 Å². The van der Waals surface area contributed by atoms with Crippen LogP contribution in [-0.4, -0.2) is 29.1 Å². The van der Waals surface area contributed by atoms with E-state index in [9.17, 15) is 10.1 Å². The molecule has 3 unspecified atom stereocenters. The van der Waals surface area contributed by atoms with Crippen LogP contribution in [0, 0.1) is 24.0 Å². The average Bonchev–Trinajstić information content (AvgIpc) is 2.37. The highest BCUT2D eigenvalue weighted by Crippen LogP contribution is 2.38. The second kappa shape index (κ2) is 5.97. The van der Waals surface area contributed by atoms with Crippen LogP contribution in [0.25, 0.3) is 0 Å². The van der Waals surface area contributed by atoms with Gasteiger partial charge in [0.1, 0.15) is 12.2 Å². The molecule has 1 aliphatic rings. The highest BCUT2D eigenvalue weighted by molar-refractivity contribution is 6.21. The molecule has 0 bridgehead atoms. The predicted octanol–water partition coefficient (Wildman–Crippen LogP) is 3.38. The van der Waals surface area contributed by atoms with E-state index >= 15 is 0 Å². The summed E-state index contributed by atoms with van der Waals surface area (Å²) in [6.07, 6.45) is 0.205. The molecule has 0 radical (unpaired) electrons. The SMILES string of the molecule is CCOC1C(Cl)CC1Oc1c(C)cc(C)cc1[N+](=O)[O-].